The zero-order valence-corrected chi connectivity index (χ0v) is 12.9. The monoisotopic (exact) mass is 354 g/mol. The van der Waals surface area contributed by atoms with E-state index in [1.165, 1.54) is 0 Å². The first kappa shape index (κ1) is 14.7. The first-order chi connectivity index (χ1) is 9.51. The van der Waals surface area contributed by atoms with E-state index in [0.29, 0.717) is 26.6 Å². The number of hydrogen-bond donors (Lipinski definition) is 2. The molecule has 2 rings (SSSR count). The Kier molecular flexibility index (Phi) is 4.52. The van der Waals surface area contributed by atoms with Gasteiger partial charge in [-0.2, -0.15) is 0 Å². The normalized spacial score (nSPS) is 11.4. The van der Waals surface area contributed by atoms with E-state index in [9.17, 15) is 0 Å². The van der Waals surface area contributed by atoms with Crippen LogP contribution in [0.5, 0.6) is 11.5 Å². The lowest BCUT2D eigenvalue weighted by molar-refractivity contribution is 0.318. The van der Waals surface area contributed by atoms with Crippen LogP contribution in [0, 0.1) is 6.92 Å². The molecule has 2 aromatic rings. The average Bonchev–Trinajstić information content (AvgIpc) is 2.44. The first-order valence-corrected chi connectivity index (χ1v) is 6.90. The smallest absolute Gasteiger partial charge is 0.170 e. The Bertz CT molecular complexity index is 674. The second-order valence-corrected chi connectivity index (χ2v) is 5.41. The Labute approximate surface area is 129 Å². The van der Waals surface area contributed by atoms with E-state index >= 15 is 0 Å². The number of nitrogens with two attached hydrogens (primary N) is 1. The maximum atomic E-state index is 8.64. The number of hydrogen-bond acceptors (Lipinski definition) is 3. The molecule has 6 heteroatoms. The Hall–Kier alpha value is -1.72. The minimum Gasteiger partial charge on any atom is -0.456 e. The molecule has 0 amide bonds. The predicted molar refractivity (Wildman–Crippen MR) is 82.9 cm³/mol. The molecular formula is C14H12BrClN2O2. The highest BCUT2D eigenvalue weighted by Crippen LogP contribution is 2.32. The lowest BCUT2D eigenvalue weighted by Crippen LogP contribution is -2.12. The topological polar surface area (TPSA) is 67.8 Å². The number of ether oxygens (including phenoxy) is 1. The summed E-state index contributed by atoms with van der Waals surface area (Å²) in [6, 6.07) is 10.6. The molecule has 0 heterocycles. The minimum absolute atomic E-state index is 0.0413. The molecule has 0 spiro atoms. The average molecular weight is 356 g/mol. The third-order valence-corrected chi connectivity index (χ3v) is 3.74. The molecule has 3 N–H and O–H groups in total. The van der Waals surface area contributed by atoms with Crippen molar-refractivity contribution in [2.45, 2.75) is 6.92 Å². The number of halogens is 2. The Morgan fingerprint density at radius 3 is 2.65 bits per heavy atom. The number of nitrogens with zero attached hydrogens (tertiary/aromatic N) is 1. The molecule has 0 saturated carbocycles. The van der Waals surface area contributed by atoms with Gasteiger partial charge in [-0.05, 0) is 64.8 Å². The van der Waals surface area contributed by atoms with Gasteiger partial charge >= 0.3 is 0 Å². The van der Waals surface area contributed by atoms with Gasteiger partial charge < -0.3 is 15.7 Å². The van der Waals surface area contributed by atoms with Crippen molar-refractivity contribution in [1.82, 2.24) is 0 Å². The summed E-state index contributed by atoms with van der Waals surface area (Å²) in [6.07, 6.45) is 0. The van der Waals surface area contributed by atoms with E-state index in [1.807, 2.05) is 13.0 Å². The van der Waals surface area contributed by atoms with Crippen molar-refractivity contribution in [3.05, 3.63) is 57.0 Å². The summed E-state index contributed by atoms with van der Waals surface area (Å²) in [7, 11) is 0. The zero-order chi connectivity index (χ0) is 14.7. The van der Waals surface area contributed by atoms with Gasteiger partial charge in [0, 0.05) is 10.6 Å². The number of benzene rings is 2. The van der Waals surface area contributed by atoms with Crippen LogP contribution in [0.1, 0.15) is 11.1 Å². The fourth-order valence-electron chi connectivity index (χ4n) is 1.61. The predicted octanol–water partition coefficient (Wildman–Crippen LogP) is 4.30. The van der Waals surface area contributed by atoms with E-state index in [-0.39, 0.29) is 5.84 Å². The number of rotatable bonds is 3. The minimum atomic E-state index is 0.0413. The highest BCUT2D eigenvalue weighted by molar-refractivity contribution is 9.10. The first-order valence-electron chi connectivity index (χ1n) is 5.72. The van der Waals surface area contributed by atoms with Gasteiger partial charge in [0.15, 0.2) is 5.84 Å². The summed E-state index contributed by atoms with van der Waals surface area (Å²) >= 11 is 9.36. The molecule has 0 aliphatic rings. The van der Waals surface area contributed by atoms with Gasteiger partial charge in [-0.15, -0.1) is 0 Å². The molecule has 0 unspecified atom stereocenters. The standard InChI is InChI=1S/C14H12BrClN2O2/c1-8-6-10(3-4-12(8)16)20-13-5-2-9(7-11(13)15)14(17)18-19/h2-7,19H,1H3,(H2,17,18). The molecule has 0 aliphatic heterocycles. The lowest BCUT2D eigenvalue weighted by Gasteiger charge is -2.10. The molecule has 104 valence electrons. The molecule has 0 atom stereocenters. The number of amidine groups is 1. The Morgan fingerprint density at radius 2 is 2.05 bits per heavy atom. The van der Waals surface area contributed by atoms with Gasteiger partial charge in [-0.1, -0.05) is 16.8 Å². The molecule has 0 radical (unpaired) electrons. The maximum absolute atomic E-state index is 8.64. The molecule has 0 aliphatic carbocycles. The van der Waals surface area contributed by atoms with Crippen molar-refractivity contribution in [3.8, 4) is 11.5 Å². The molecule has 0 fully saturated rings. The van der Waals surface area contributed by atoms with Gasteiger partial charge in [0.1, 0.15) is 11.5 Å². The quantitative estimate of drug-likeness (QED) is 0.373. The summed E-state index contributed by atoms with van der Waals surface area (Å²) in [4.78, 5) is 0. The van der Waals surface area contributed by atoms with Crippen molar-refractivity contribution in [2.75, 3.05) is 0 Å². The van der Waals surface area contributed by atoms with Crippen LogP contribution in [-0.2, 0) is 0 Å². The van der Waals surface area contributed by atoms with Gasteiger partial charge in [0.2, 0.25) is 0 Å². The maximum Gasteiger partial charge on any atom is 0.170 e. The zero-order valence-electron chi connectivity index (χ0n) is 10.6. The van der Waals surface area contributed by atoms with Crippen LogP contribution < -0.4 is 10.5 Å². The molecule has 2 aromatic carbocycles. The Balaban J connectivity index is 2.28. The van der Waals surface area contributed by atoms with Gasteiger partial charge in [-0.25, -0.2) is 0 Å². The molecule has 0 saturated heterocycles. The van der Waals surface area contributed by atoms with Gasteiger partial charge in [0.25, 0.3) is 0 Å². The van der Waals surface area contributed by atoms with Gasteiger partial charge in [0.05, 0.1) is 4.47 Å². The van der Waals surface area contributed by atoms with Crippen LogP contribution >= 0.6 is 27.5 Å². The fraction of sp³-hybridized carbons (Fsp3) is 0.0714. The summed E-state index contributed by atoms with van der Waals surface area (Å²) in [5, 5.41) is 12.3. The van der Waals surface area contributed by atoms with Gasteiger partial charge in [-0.3, -0.25) is 0 Å². The number of aryl methyl sites for hydroxylation is 1. The van der Waals surface area contributed by atoms with E-state index in [0.717, 1.165) is 5.56 Å². The molecule has 4 nitrogen and oxygen atoms in total. The molecule has 0 aromatic heterocycles. The van der Waals surface area contributed by atoms with Crippen LogP contribution in [0.3, 0.4) is 0 Å². The van der Waals surface area contributed by atoms with Crippen molar-refractivity contribution in [3.63, 3.8) is 0 Å². The van der Waals surface area contributed by atoms with Crippen LogP contribution in [0.25, 0.3) is 0 Å². The molecular weight excluding hydrogens is 344 g/mol. The highest BCUT2D eigenvalue weighted by Gasteiger charge is 2.07. The lowest BCUT2D eigenvalue weighted by atomic mass is 10.2. The third-order valence-electron chi connectivity index (χ3n) is 2.69. The Morgan fingerprint density at radius 1 is 1.30 bits per heavy atom. The van der Waals surface area contributed by atoms with E-state index in [2.05, 4.69) is 21.1 Å². The fourth-order valence-corrected chi connectivity index (χ4v) is 2.19. The SMILES string of the molecule is Cc1cc(Oc2ccc(/C(N)=N/O)cc2Br)ccc1Cl. The van der Waals surface area contributed by atoms with Crippen LogP contribution in [0.15, 0.2) is 46.0 Å². The van der Waals surface area contributed by atoms with Crippen molar-refractivity contribution in [2.24, 2.45) is 10.9 Å². The molecule has 0 bridgehead atoms. The van der Waals surface area contributed by atoms with Crippen molar-refractivity contribution < 1.29 is 9.94 Å². The van der Waals surface area contributed by atoms with E-state index in [4.69, 9.17) is 27.3 Å². The van der Waals surface area contributed by atoms with E-state index < -0.39 is 0 Å². The largest absolute Gasteiger partial charge is 0.456 e. The van der Waals surface area contributed by atoms with Crippen molar-refractivity contribution in [1.29, 1.82) is 0 Å². The summed E-state index contributed by atoms with van der Waals surface area (Å²) in [6.45, 7) is 1.91. The second-order valence-electron chi connectivity index (χ2n) is 4.14. The summed E-state index contributed by atoms with van der Waals surface area (Å²) < 4.78 is 6.47. The van der Waals surface area contributed by atoms with E-state index in [1.54, 1.807) is 30.3 Å². The number of oxime groups is 1. The third kappa shape index (κ3) is 3.23. The van der Waals surface area contributed by atoms with Crippen LogP contribution in [0.4, 0.5) is 0 Å². The summed E-state index contributed by atoms with van der Waals surface area (Å²) in [5.41, 5.74) is 7.06. The van der Waals surface area contributed by atoms with Crippen LogP contribution in [0.2, 0.25) is 5.02 Å². The molecule has 20 heavy (non-hydrogen) atoms. The van der Waals surface area contributed by atoms with Crippen LogP contribution in [-0.4, -0.2) is 11.0 Å². The summed E-state index contributed by atoms with van der Waals surface area (Å²) in [5.74, 6) is 1.35. The second kappa shape index (κ2) is 6.15. The highest BCUT2D eigenvalue weighted by atomic mass is 79.9. The van der Waals surface area contributed by atoms with Crippen molar-refractivity contribution >= 4 is 33.4 Å².